The fourth-order valence-corrected chi connectivity index (χ4v) is 3.39. The SMILES string of the molecule is CN(C)CC(=O)N1CC[C@H]2[C@H]1CC(=O)N2c1cnn(C)c1. The van der Waals surface area contributed by atoms with E-state index >= 15 is 0 Å². The summed E-state index contributed by atoms with van der Waals surface area (Å²) in [5.41, 5.74) is 0.830. The molecule has 0 saturated carbocycles. The van der Waals surface area contributed by atoms with Crippen molar-refractivity contribution in [1.29, 1.82) is 0 Å². The van der Waals surface area contributed by atoms with E-state index in [4.69, 9.17) is 0 Å². The van der Waals surface area contributed by atoms with Gasteiger partial charge in [-0.25, -0.2) is 0 Å². The van der Waals surface area contributed by atoms with E-state index in [0.29, 0.717) is 13.0 Å². The van der Waals surface area contributed by atoms with E-state index in [2.05, 4.69) is 5.10 Å². The lowest BCUT2D eigenvalue weighted by atomic mass is 10.1. The van der Waals surface area contributed by atoms with Crippen LogP contribution in [-0.4, -0.2) is 70.7 Å². The van der Waals surface area contributed by atoms with Gasteiger partial charge in [-0.2, -0.15) is 5.10 Å². The predicted molar refractivity (Wildman–Crippen MR) is 77.8 cm³/mol. The smallest absolute Gasteiger partial charge is 0.237 e. The topological polar surface area (TPSA) is 61.7 Å². The molecule has 1 aromatic heterocycles. The molecule has 0 N–H and O–H groups in total. The van der Waals surface area contributed by atoms with E-state index in [-0.39, 0.29) is 23.9 Å². The molecule has 0 radical (unpaired) electrons. The average molecular weight is 291 g/mol. The van der Waals surface area contributed by atoms with Gasteiger partial charge in [-0.1, -0.05) is 0 Å². The largest absolute Gasteiger partial charge is 0.336 e. The number of anilines is 1. The quantitative estimate of drug-likeness (QED) is 0.766. The molecule has 2 atom stereocenters. The molecule has 0 spiro atoms. The Morgan fingerprint density at radius 3 is 2.81 bits per heavy atom. The summed E-state index contributed by atoms with van der Waals surface area (Å²) in [7, 11) is 5.60. The summed E-state index contributed by atoms with van der Waals surface area (Å²) in [6.45, 7) is 1.12. The van der Waals surface area contributed by atoms with Crippen molar-refractivity contribution in [1.82, 2.24) is 19.6 Å². The summed E-state index contributed by atoms with van der Waals surface area (Å²) < 4.78 is 1.69. The van der Waals surface area contributed by atoms with Crippen molar-refractivity contribution < 1.29 is 9.59 Å². The lowest BCUT2D eigenvalue weighted by Crippen LogP contribution is -2.43. The van der Waals surface area contributed by atoms with Gasteiger partial charge in [-0.15, -0.1) is 0 Å². The van der Waals surface area contributed by atoms with Crippen molar-refractivity contribution in [2.75, 3.05) is 32.1 Å². The molecule has 7 nitrogen and oxygen atoms in total. The van der Waals surface area contributed by atoms with E-state index in [1.807, 2.05) is 42.0 Å². The van der Waals surface area contributed by atoms with Crippen molar-refractivity contribution in [2.24, 2.45) is 7.05 Å². The number of nitrogens with zero attached hydrogens (tertiary/aromatic N) is 5. The van der Waals surface area contributed by atoms with Crippen LogP contribution < -0.4 is 4.90 Å². The van der Waals surface area contributed by atoms with Crippen LogP contribution in [0.15, 0.2) is 12.4 Å². The molecule has 114 valence electrons. The third-order valence-electron chi connectivity index (χ3n) is 4.24. The number of fused-ring (bicyclic) bond motifs is 1. The minimum atomic E-state index is 0.00477. The molecule has 1 aromatic rings. The molecule has 2 aliphatic rings. The third-order valence-corrected chi connectivity index (χ3v) is 4.24. The van der Waals surface area contributed by atoms with Gasteiger partial charge in [-0.3, -0.25) is 14.3 Å². The molecule has 2 fully saturated rings. The molecule has 2 amide bonds. The van der Waals surface area contributed by atoms with Crippen molar-refractivity contribution in [2.45, 2.75) is 24.9 Å². The summed E-state index contributed by atoms with van der Waals surface area (Å²) in [4.78, 5) is 30.2. The molecule has 0 aliphatic carbocycles. The molecule has 0 aromatic carbocycles. The van der Waals surface area contributed by atoms with E-state index in [0.717, 1.165) is 18.7 Å². The first-order valence-electron chi connectivity index (χ1n) is 7.22. The van der Waals surface area contributed by atoms with Crippen LogP contribution in [0.1, 0.15) is 12.8 Å². The first kappa shape index (κ1) is 14.1. The summed E-state index contributed by atoms with van der Waals surface area (Å²) in [6.07, 6.45) is 4.82. The Morgan fingerprint density at radius 1 is 1.43 bits per heavy atom. The number of likely N-dealkylation sites (tertiary alicyclic amines) is 1. The molecule has 7 heteroatoms. The lowest BCUT2D eigenvalue weighted by molar-refractivity contribution is -0.132. The monoisotopic (exact) mass is 291 g/mol. The predicted octanol–water partition coefficient (Wildman–Crippen LogP) is -0.312. The molecule has 21 heavy (non-hydrogen) atoms. The second kappa shape index (κ2) is 5.14. The number of carbonyl (C=O) groups excluding carboxylic acids is 2. The number of aryl methyl sites for hydroxylation is 1. The van der Waals surface area contributed by atoms with Gasteiger partial charge in [0.2, 0.25) is 11.8 Å². The number of carbonyl (C=O) groups is 2. The van der Waals surface area contributed by atoms with Gasteiger partial charge in [0.1, 0.15) is 0 Å². The van der Waals surface area contributed by atoms with E-state index in [9.17, 15) is 9.59 Å². The maximum atomic E-state index is 12.3. The molecule has 2 aliphatic heterocycles. The van der Waals surface area contributed by atoms with Gasteiger partial charge in [-0.05, 0) is 20.5 Å². The maximum absolute atomic E-state index is 12.3. The molecule has 3 heterocycles. The highest BCUT2D eigenvalue weighted by atomic mass is 16.2. The van der Waals surface area contributed by atoms with E-state index in [1.54, 1.807) is 10.9 Å². The first-order chi connectivity index (χ1) is 9.97. The summed E-state index contributed by atoms with van der Waals surface area (Å²) in [5.74, 6) is 0.189. The number of rotatable bonds is 3. The van der Waals surface area contributed by atoms with Crippen molar-refractivity contribution in [3.8, 4) is 0 Å². The highest BCUT2D eigenvalue weighted by molar-refractivity contribution is 5.98. The number of hydrogen-bond donors (Lipinski definition) is 0. The normalized spacial score (nSPS) is 25.0. The van der Waals surface area contributed by atoms with Crippen LogP contribution in [0.3, 0.4) is 0 Å². The number of likely N-dealkylation sites (N-methyl/N-ethyl adjacent to an activating group) is 1. The van der Waals surface area contributed by atoms with Crippen LogP contribution in [0.25, 0.3) is 0 Å². The molecule has 2 saturated heterocycles. The average Bonchev–Trinajstić information content (AvgIpc) is 3.03. The van der Waals surface area contributed by atoms with Gasteiger partial charge < -0.3 is 14.7 Å². The van der Waals surface area contributed by atoms with Crippen molar-refractivity contribution in [3.05, 3.63) is 12.4 Å². The van der Waals surface area contributed by atoms with Crippen LogP contribution in [0, 0.1) is 0 Å². The summed E-state index contributed by atoms with van der Waals surface area (Å²) >= 11 is 0. The summed E-state index contributed by atoms with van der Waals surface area (Å²) in [6, 6.07) is 0.0953. The lowest BCUT2D eigenvalue weighted by Gasteiger charge is -2.25. The Labute approximate surface area is 124 Å². The van der Waals surface area contributed by atoms with E-state index < -0.39 is 0 Å². The Balaban J connectivity index is 1.79. The first-order valence-corrected chi connectivity index (χ1v) is 7.22. The van der Waals surface area contributed by atoms with Crippen LogP contribution >= 0.6 is 0 Å². The number of hydrogen-bond acceptors (Lipinski definition) is 4. The molecular weight excluding hydrogens is 270 g/mol. The Hall–Kier alpha value is -1.89. The molecule has 0 bridgehead atoms. The van der Waals surface area contributed by atoms with Crippen molar-refractivity contribution >= 4 is 17.5 Å². The number of aromatic nitrogens is 2. The molecular formula is C14H21N5O2. The highest BCUT2D eigenvalue weighted by Crippen LogP contribution is 2.35. The molecule has 0 unspecified atom stereocenters. The second-order valence-electron chi connectivity index (χ2n) is 6.09. The zero-order valence-electron chi connectivity index (χ0n) is 12.7. The van der Waals surface area contributed by atoms with Gasteiger partial charge in [0, 0.05) is 26.2 Å². The zero-order valence-corrected chi connectivity index (χ0v) is 12.7. The van der Waals surface area contributed by atoms with Crippen LogP contribution in [0.5, 0.6) is 0 Å². The highest BCUT2D eigenvalue weighted by Gasteiger charge is 2.49. The minimum absolute atomic E-state index is 0.00477. The number of amides is 2. The van der Waals surface area contributed by atoms with E-state index in [1.165, 1.54) is 0 Å². The van der Waals surface area contributed by atoms with Crippen LogP contribution in [-0.2, 0) is 16.6 Å². The Morgan fingerprint density at radius 2 is 2.19 bits per heavy atom. The Bertz CT molecular complexity index is 567. The second-order valence-corrected chi connectivity index (χ2v) is 6.09. The maximum Gasteiger partial charge on any atom is 0.237 e. The Kier molecular flexibility index (Phi) is 3.44. The summed E-state index contributed by atoms with van der Waals surface area (Å²) in [5, 5.41) is 4.14. The minimum Gasteiger partial charge on any atom is -0.336 e. The zero-order chi connectivity index (χ0) is 15.1. The standard InChI is InChI=1S/C14H21N5O2/c1-16(2)9-14(21)18-5-4-11-12(18)6-13(20)19(11)10-7-15-17(3)8-10/h7-8,11-12H,4-6,9H2,1-3H3/t11-,12+/m0/s1. The third kappa shape index (κ3) is 2.42. The fourth-order valence-electron chi connectivity index (χ4n) is 3.39. The fraction of sp³-hybridized carbons (Fsp3) is 0.643. The van der Waals surface area contributed by atoms with Crippen LogP contribution in [0.4, 0.5) is 5.69 Å². The van der Waals surface area contributed by atoms with Crippen molar-refractivity contribution in [3.63, 3.8) is 0 Å². The van der Waals surface area contributed by atoms with Gasteiger partial charge in [0.05, 0.1) is 30.5 Å². The molecule has 3 rings (SSSR count). The van der Waals surface area contributed by atoms with Crippen LogP contribution in [0.2, 0.25) is 0 Å². The van der Waals surface area contributed by atoms with Gasteiger partial charge in [0.25, 0.3) is 0 Å². The van der Waals surface area contributed by atoms with Gasteiger partial charge in [0.15, 0.2) is 0 Å². The van der Waals surface area contributed by atoms with Gasteiger partial charge >= 0.3 is 0 Å².